The molecule has 1 N–H and O–H groups in total. The van der Waals surface area contributed by atoms with Gasteiger partial charge in [-0.3, -0.25) is 24.0 Å². The van der Waals surface area contributed by atoms with E-state index in [-0.39, 0.29) is 28.7 Å². The van der Waals surface area contributed by atoms with Gasteiger partial charge >= 0.3 is 0 Å². The number of nitrogens with zero attached hydrogens (tertiary/aromatic N) is 3. The van der Waals surface area contributed by atoms with Gasteiger partial charge in [0.1, 0.15) is 12.6 Å². The maximum atomic E-state index is 13.8. The molecule has 0 heterocycles. The first kappa shape index (κ1) is 29.3. The number of unbranched alkanes of at least 4 members (excludes halogenated alkanes) is 1. The van der Waals surface area contributed by atoms with Crippen molar-refractivity contribution >= 4 is 33.2 Å². The fraction of sp³-hybridized carbons (Fsp3) is 0.286. The molecule has 0 saturated carbocycles. The molecule has 0 radical (unpaired) electrons. The van der Waals surface area contributed by atoms with Crippen molar-refractivity contribution in [3.05, 3.63) is 101 Å². The Hall–Kier alpha value is -4.25. The number of anilines is 1. The molecule has 206 valence electrons. The summed E-state index contributed by atoms with van der Waals surface area (Å²) in [6.45, 7) is 3.53. The van der Waals surface area contributed by atoms with E-state index in [1.165, 1.54) is 41.3 Å². The zero-order valence-electron chi connectivity index (χ0n) is 21.9. The monoisotopic (exact) mass is 552 g/mol. The number of benzene rings is 3. The van der Waals surface area contributed by atoms with Crippen molar-refractivity contribution in [1.82, 2.24) is 10.2 Å². The predicted molar refractivity (Wildman–Crippen MR) is 148 cm³/mol. The number of non-ortho nitro benzene ring substituents is 1. The van der Waals surface area contributed by atoms with Crippen LogP contribution in [-0.2, 0) is 26.2 Å². The van der Waals surface area contributed by atoms with Gasteiger partial charge in [0.15, 0.2) is 0 Å². The van der Waals surface area contributed by atoms with Crippen molar-refractivity contribution in [3.8, 4) is 0 Å². The van der Waals surface area contributed by atoms with Crippen LogP contribution in [0.15, 0.2) is 89.8 Å². The highest BCUT2D eigenvalue weighted by Crippen LogP contribution is 2.26. The Balaban J connectivity index is 1.99. The summed E-state index contributed by atoms with van der Waals surface area (Å²) in [5.74, 6) is -0.949. The lowest BCUT2D eigenvalue weighted by molar-refractivity contribution is -0.384. The summed E-state index contributed by atoms with van der Waals surface area (Å²) in [5.41, 5.74) is 0.634. The van der Waals surface area contributed by atoms with E-state index in [1.54, 1.807) is 25.1 Å². The molecule has 3 aromatic carbocycles. The van der Waals surface area contributed by atoms with E-state index in [0.29, 0.717) is 6.54 Å². The molecule has 0 aliphatic rings. The normalized spacial score (nSPS) is 11.8. The molecule has 3 aromatic rings. The van der Waals surface area contributed by atoms with Crippen molar-refractivity contribution in [1.29, 1.82) is 0 Å². The molecule has 3 rings (SSSR count). The van der Waals surface area contributed by atoms with Crippen LogP contribution in [0.25, 0.3) is 0 Å². The first-order chi connectivity index (χ1) is 18.6. The van der Waals surface area contributed by atoms with Crippen LogP contribution < -0.4 is 9.62 Å². The van der Waals surface area contributed by atoms with Crippen LogP contribution in [0.3, 0.4) is 0 Å². The van der Waals surface area contributed by atoms with Crippen LogP contribution in [0.5, 0.6) is 0 Å². The molecular formula is C28H32N4O6S. The molecule has 0 aliphatic heterocycles. The van der Waals surface area contributed by atoms with Crippen LogP contribution in [0.2, 0.25) is 0 Å². The van der Waals surface area contributed by atoms with Gasteiger partial charge in [0, 0.05) is 25.2 Å². The SMILES string of the molecule is CCCCNC(=O)[C@@H](C)N(Cc1ccccc1)C(=O)CN(c1ccc([N+](=O)[O-])cc1)S(=O)(=O)c1ccccc1. The van der Waals surface area contributed by atoms with Gasteiger partial charge in [-0.25, -0.2) is 8.42 Å². The second-order valence-electron chi connectivity index (χ2n) is 8.93. The molecule has 39 heavy (non-hydrogen) atoms. The third-order valence-corrected chi connectivity index (χ3v) is 7.94. The zero-order chi connectivity index (χ0) is 28.4. The minimum atomic E-state index is -4.24. The maximum absolute atomic E-state index is 13.8. The molecule has 0 bridgehead atoms. The Labute approximate surface area is 228 Å². The van der Waals surface area contributed by atoms with Crippen LogP contribution in [0.1, 0.15) is 32.3 Å². The van der Waals surface area contributed by atoms with Crippen molar-refractivity contribution in [2.75, 3.05) is 17.4 Å². The molecule has 0 aromatic heterocycles. The molecule has 11 heteroatoms. The highest BCUT2D eigenvalue weighted by Gasteiger charge is 2.32. The Morgan fingerprint density at radius 2 is 1.54 bits per heavy atom. The number of rotatable bonds is 13. The average Bonchev–Trinajstić information content (AvgIpc) is 2.95. The molecule has 1 atom stereocenters. The van der Waals surface area contributed by atoms with Crippen molar-refractivity contribution in [2.24, 2.45) is 0 Å². The minimum Gasteiger partial charge on any atom is -0.354 e. The highest BCUT2D eigenvalue weighted by atomic mass is 32.2. The van der Waals surface area contributed by atoms with Gasteiger partial charge in [-0.15, -0.1) is 0 Å². The van der Waals surface area contributed by atoms with Gasteiger partial charge in [-0.05, 0) is 43.2 Å². The lowest BCUT2D eigenvalue weighted by atomic mass is 10.1. The molecule has 0 spiro atoms. The largest absolute Gasteiger partial charge is 0.354 e. The first-order valence-electron chi connectivity index (χ1n) is 12.6. The van der Waals surface area contributed by atoms with E-state index in [9.17, 15) is 28.1 Å². The number of nitro benzene ring substituents is 1. The number of hydrogen-bond acceptors (Lipinski definition) is 6. The predicted octanol–water partition coefficient (Wildman–Crippen LogP) is 4.12. The standard InChI is InChI=1S/C28H32N4O6S/c1-3-4-19-29-28(34)22(2)30(20-23-11-7-5-8-12-23)27(33)21-31(24-15-17-25(18-16-24)32(35)36)39(37,38)26-13-9-6-10-14-26/h5-18,22H,3-4,19-21H2,1-2H3,(H,29,34)/t22-/m1/s1. The molecule has 0 unspecified atom stereocenters. The second-order valence-corrected chi connectivity index (χ2v) is 10.8. The number of amides is 2. The van der Waals surface area contributed by atoms with Gasteiger partial charge in [0.25, 0.3) is 15.7 Å². The topological polar surface area (TPSA) is 130 Å². The van der Waals surface area contributed by atoms with Crippen molar-refractivity contribution < 1.29 is 22.9 Å². The Kier molecular flexibility index (Phi) is 10.2. The molecule has 10 nitrogen and oxygen atoms in total. The summed E-state index contributed by atoms with van der Waals surface area (Å²) in [7, 11) is -4.24. The summed E-state index contributed by atoms with van der Waals surface area (Å²) in [6.07, 6.45) is 1.68. The van der Waals surface area contributed by atoms with Gasteiger partial charge in [0.2, 0.25) is 11.8 Å². The van der Waals surface area contributed by atoms with E-state index >= 15 is 0 Å². The Morgan fingerprint density at radius 1 is 0.949 bits per heavy atom. The van der Waals surface area contributed by atoms with Crippen LogP contribution >= 0.6 is 0 Å². The number of nitro groups is 1. The summed E-state index contributed by atoms with van der Waals surface area (Å²) in [5, 5.41) is 14.0. The van der Waals surface area contributed by atoms with E-state index in [0.717, 1.165) is 22.7 Å². The molecule has 0 saturated heterocycles. The summed E-state index contributed by atoms with van der Waals surface area (Å²) in [4.78, 5) is 38.6. The smallest absolute Gasteiger partial charge is 0.269 e. The van der Waals surface area contributed by atoms with E-state index in [2.05, 4.69) is 5.32 Å². The highest BCUT2D eigenvalue weighted by molar-refractivity contribution is 7.92. The number of hydrogen-bond donors (Lipinski definition) is 1. The van der Waals surface area contributed by atoms with Gasteiger partial charge in [-0.2, -0.15) is 0 Å². The summed E-state index contributed by atoms with van der Waals surface area (Å²) < 4.78 is 28.3. The van der Waals surface area contributed by atoms with Crippen LogP contribution in [0.4, 0.5) is 11.4 Å². The molecule has 0 fully saturated rings. The fourth-order valence-electron chi connectivity index (χ4n) is 3.89. The van der Waals surface area contributed by atoms with Crippen molar-refractivity contribution in [3.63, 3.8) is 0 Å². The molecular weight excluding hydrogens is 520 g/mol. The van der Waals surface area contributed by atoms with E-state index in [1.807, 2.05) is 37.3 Å². The molecule has 2 amide bonds. The minimum absolute atomic E-state index is 0.0453. The van der Waals surface area contributed by atoms with E-state index < -0.39 is 33.4 Å². The quantitative estimate of drug-likeness (QED) is 0.193. The van der Waals surface area contributed by atoms with Crippen LogP contribution in [-0.4, -0.2) is 49.2 Å². The van der Waals surface area contributed by atoms with Gasteiger partial charge < -0.3 is 10.2 Å². The number of nitrogens with one attached hydrogen (secondary N) is 1. The van der Waals surface area contributed by atoms with Crippen molar-refractivity contribution in [2.45, 2.75) is 44.2 Å². The van der Waals surface area contributed by atoms with Gasteiger partial charge in [-0.1, -0.05) is 61.9 Å². The second kappa shape index (κ2) is 13.5. The lowest BCUT2D eigenvalue weighted by Crippen LogP contribution is -2.51. The third kappa shape index (κ3) is 7.64. The fourth-order valence-corrected chi connectivity index (χ4v) is 5.32. The Morgan fingerprint density at radius 3 is 2.10 bits per heavy atom. The average molecular weight is 553 g/mol. The maximum Gasteiger partial charge on any atom is 0.269 e. The molecule has 0 aliphatic carbocycles. The van der Waals surface area contributed by atoms with E-state index in [4.69, 9.17) is 0 Å². The number of sulfonamides is 1. The number of carbonyl (C=O) groups excluding carboxylic acids is 2. The third-order valence-electron chi connectivity index (χ3n) is 6.15. The van der Waals surface area contributed by atoms with Crippen LogP contribution in [0, 0.1) is 10.1 Å². The van der Waals surface area contributed by atoms with Gasteiger partial charge in [0.05, 0.1) is 15.5 Å². The summed E-state index contributed by atoms with van der Waals surface area (Å²) in [6, 6.07) is 20.7. The Bertz CT molecular complexity index is 1370. The number of carbonyl (C=O) groups is 2. The lowest BCUT2D eigenvalue weighted by Gasteiger charge is -2.32. The summed E-state index contributed by atoms with van der Waals surface area (Å²) >= 11 is 0. The zero-order valence-corrected chi connectivity index (χ0v) is 22.7. The first-order valence-corrected chi connectivity index (χ1v) is 14.0.